The fourth-order valence-corrected chi connectivity index (χ4v) is 3.48. The van der Waals surface area contributed by atoms with E-state index in [1.807, 2.05) is 24.3 Å². The molecule has 0 N–H and O–H groups in total. The molecule has 0 amide bonds. The van der Waals surface area contributed by atoms with Crippen LogP contribution in [0.15, 0.2) is 51.3 Å². The summed E-state index contributed by atoms with van der Waals surface area (Å²) in [4.78, 5) is 25.7. The fourth-order valence-electron chi connectivity index (χ4n) is 2.31. The van der Waals surface area contributed by atoms with E-state index in [4.69, 9.17) is 4.74 Å². The average molecular weight is 272 g/mol. The van der Waals surface area contributed by atoms with Gasteiger partial charge in [-0.15, -0.1) is 0 Å². The van der Waals surface area contributed by atoms with Crippen molar-refractivity contribution in [1.29, 1.82) is 0 Å². The molecule has 1 aromatic carbocycles. The van der Waals surface area contributed by atoms with Crippen molar-refractivity contribution < 1.29 is 14.3 Å². The van der Waals surface area contributed by atoms with E-state index in [9.17, 15) is 9.59 Å². The molecule has 1 heterocycles. The number of rotatable bonds is 1. The second-order valence-electron chi connectivity index (χ2n) is 4.49. The molecule has 2 aliphatic rings. The van der Waals surface area contributed by atoms with Gasteiger partial charge in [0.05, 0.1) is 7.11 Å². The van der Waals surface area contributed by atoms with Crippen LogP contribution in [0, 0.1) is 0 Å². The van der Waals surface area contributed by atoms with Gasteiger partial charge in [-0.1, -0.05) is 30.0 Å². The summed E-state index contributed by atoms with van der Waals surface area (Å²) in [5, 5.41) is 0. The third-order valence-electron chi connectivity index (χ3n) is 3.30. The van der Waals surface area contributed by atoms with Crippen LogP contribution < -0.4 is 0 Å². The number of fused-ring (bicyclic) bond motifs is 1. The molecule has 0 radical (unpaired) electrons. The van der Waals surface area contributed by atoms with Gasteiger partial charge in [0.1, 0.15) is 0 Å². The van der Waals surface area contributed by atoms with Gasteiger partial charge in [0.15, 0.2) is 5.78 Å². The Morgan fingerprint density at radius 2 is 2.05 bits per heavy atom. The number of Topliss-reactive ketones (excluding diaryl/α,β-unsaturated/α-hetero) is 1. The lowest BCUT2D eigenvalue weighted by Gasteiger charge is -2.23. The molecular weight excluding hydrogens is 260 g/mol. The Kier molecular flexibility index (Phi) is 3.03. The summed E-state index contributed by atoms with van der Waals surface area (Å²) in [5.41, 5.74) is 2.43. The second-order valence-corrected chi connectivity index (χ2v) is 5.57. The first-order chi connectivity index (χ1) is 9.19. The normalized spacial score (nSPS) is 17.5. The van der Waals surface area contributed by atoms with Crippen molar-refractivity contribution in [3.8, 4) is 0 Å². The third kappa shape index (κ3) is 2.12. The zero-order valence-corrected chi connectivity index (χ0v) is 11.3. The Morgan fingerprint density at radius 1 is 1.26 bits per heavy atom. The summed E-state index contributed by atoms with van der Waals surface area (Å²) in [6.45, 7) is 0. The molecule has 4 heteroatoms. The maximum absolute atomic E-state index is 12.1. The van der Waals surface area contributed by atoms with E-state index in [0.29, 0.717) is 12.0 Å². The monoisotopic (exact) mass is 272 g/mol. The summed E-state index contributed by atoms with van der Waals surface area (Å²) >= 11 is 1.55. The number of esters is 1. The Bertz CT molecular complexity index is 641. The Hall–Kier alpha value is -1.81. The van der Waals surface area contributed by atoms with Crippen LogP contribution in [0.1, 0.15) is 12.0 Å². The van der Waals surface area contributed by atoms with Crippen LogP contribution in [-0.4, -0.2) is 18.9 Å². The summed E-state index contributed by atoms with van der Waals surface area (Å²) < 4.78 is 4.70. The standard InChI is InChI=1S/C15H12O3S/c1-18-15(17)10-7-12(16)11-6-9-4-2-3-5-13(9)19-14(11)8-10/h2-5,8H,6-7H2,1H3. The van der Waals surface area contributed by atoms with E-state index in [1.54, 1.807) is 17.8 Å². The number of hydrogen-bond donors (Lipinski definition) is 0. The molecular formula is C15H12O3S. The van der Waals surface area contributed by atoms with Gasteiger partial charge in [-0.2, -0.15) is 0 Å². The van der Waals surface area contributed by atoms with Crippen LogP contribution in [0.25, 0.3) is 0 Å². The van der Waals surface area contributed by atoms with Crippen molar-refractivity contribution in [2.45, 2.75) is 17.7 Å². The molecule has 1 aromatic rings. The van der Waals surface area contributed by atoms with E-state index < -0.39 is 5.97 Å². The number of methoxy groups -OCH3 is 1. The summed E-state index contributed by atoms with van der Waals surface area (Å²) in [7, 11) is 1.33. The SMILES string of the molecule is COC(=O)C1=CC2=C(Cc3ccccc3S2)C(=O)C1. The number of hydrogen-bond acceptors (Lipinski definition) is 4. The predicted molar refractivity (Wildman–Crippen MR) is 72.8 cm³/mol. The lowest BCUT2D eigenvalue weighted by Crippen LogP contribution is -2.19. The van der Waals surface area contributed by atoms with Gasteiger partial charge in [0.2, 0.25) is 0 Å². The Labute approximate surface area is 115 Å². The van der Waals surface area contributed by atoms with Crippen LogP contribution in [0.3, 0.4) is 0 Å². The molecule has 0 atom stereocenters. The lowest BCUT2D eigenvalue weighted by atomic mass is 9.92. The van der Waals surface area contributed by atoms with E-state index in [1.165, 1.54) is 12.7 Å². The van der Waals surface area contributed by atoms with E-state index in [0.717, 1.165) is 15.4 Å². The Balaban J connectivity index is 2.01. The van der Waals surface area contributed by atoms with Crippen LogP contribution in [0.4, 0.5) is 0 Å². The zero-order chi connectivity index (χ0) is 13.4. The van der Waals surface area contributed by atoms with Crippen molar-refractivity contribution in [2.24, 2.45) is 0 Å². The van der Waals surface area contributed by atoms with Crippen LogP contribution >= 0.6 is 11.8 Å². The molecule has 96 valence electrons. The quantitative estimate of drug-likeness (QED) is 0.737. The number of allylic oxidation sites excluding steroid dienone is 2. The molecule has 3 rings (SSSR count). The van der Waals surface area contributed by atoms with Gasteiger partial charge in [-0.25, -0.2) is 4.79 Å². The first-order valence-corrected chi connectivity index (χ1v) is 6.81. The topological polar surface area (TPSA) is 43.4 Å². The Morgan fingerprint density at radius 3 is 2.84 bits per heavy atom. The van der Waals surface area contributed by atoms with Crippen LogP contribution in [0.2, 0.25) is 0 Å². The van der Waals surface area contributed by atoms with Gasteiger partial charge in [-0.3, -0.25) is 4.79 Å². The molecule has 1 aliphatic heterocycles. The fraction of sp³-hybridized carbons (Fsp3) is 0.200. The molecule has 3 nitrogen and oxygen atoms in total. The number of ether oxygens (including phenoxy) is 1. The minimum Gasteiger partial charge on any atom is -0.466 e. The molecule has 0 saturated heterocycles. The molecule has 0 unspecified atom stereocenters. The van der Waals surface area contributed by atoms with Crippen molar-refractivity contribution in [2.75, 3.05) is 7.11 Å². The van der Waals surface area contributed by atoms with E-state index in [2.05, 4.69) is 0 Å². The maximum Gasteiger partial charge on any atom is 0.334 e. The average Bonchev–Trinajstić information content (AvgIpc) is 2.44. The minimum atomic E-state index is -0.417. The first-order valence-electron chi connectivity index (χ1n) is 6.00. The van der Waals surface area contributed by atoms with E-state index in [-0.39, 0.29) is 12.2 Å². The molecule has 0 aromatic heterocycles. The molecule has 19 heavy (non-hydrogen) atoms. The molecule has 0 spiro atoms. The summed E-state index contributed by atoms with van der Waals surface area (Å²) in [6.07, 6.45) is 2.60. The van der Waals surface area contributed by atoms with Gasteiger partial charge in [0, 0.05) is 33.8 Å². The lowest BCUT2D eigenvalue weighted by molar-refractivity contribution is -0.137. The first kappa shape index (κ1) is 12.2. The highest BCUT2D eigenvalue weighted by Crippen LogP contribution is 2.42. The third-order valence-corrected chi connectivity index (χ3v) is 4.50. The summed E-state index contributed by atoms with van der Waals surface area (Å²) in [6, 6.07) is 8.04. The minimum absolute atomic E-state index is 0.0277. The van der Waals surface area contributed by atoms with E-state index >= 15 is 0 Å². The second kappa shape index (κ2) is 4.70. The number of carbonyl (C=O) groups excluding carboxylic acids is 2. The molecule has 0 bridgehead atoms. The van der Waals surface area contributed by atoms with Crippen LogP contribution in [-0.2, 0) is 20.7 Å². The predicted octanol–water partition coefficient (Wildman–Crippen LogP) is 2.66. The van der Waals surface area contributed by atoms with Gasteiger partial charge >= 0.3 is 5.97 Å². The smallest absolute Gasteiger partial charge is 0.334 e. The highest BCUT2D eigenvalue weighted by Gasteiger charge is 2.29. The summed E-state index contributed by atoms with van der Waals surface area (Å²) in [5.74, 6) is -0.390. The van der Waals surface area contributed by atoms with Gasteiger partial charge in [0.25, 0.3) is 0 Å². The van der Waals surface area contributed by atoms with Crippen molar-refractivity contribution in [3.05, 3.63) is 52.0 Å². The van der Waals surface area contributed by atoms with Crippen molar-refractivity contribution >= 4 is 23.5 Å². The van der Waals surface area contributed by atoms with Crippen molar-refractivity contribution in [1.82, 2.24) is 0 Å². The number of carbonyl (C=O) groups is 2. The maximum atomic E-state index is 12.1. The highest BCUT2D eigenvalue weighted by molar-refractivity contribution is 8.03. The number of benzene rings is 1. The van der Waals surface area contributed by atoms with Gasteiger partial charge in [-0.05, 0) is 17.7 Å². The van der Waals surface area contributed by atoms with Crippen LogP contribution in [0.5, 0.6) is 0 Å². The van der Waals surface area contributed by atoms with Gasteiger partial charge < -0.3 is 4.74 Å². The zero-order valence-electron chi connectivity index (χ0n) is 10.4. The largest absolute Gasteiger partial charge is 0.466 e. The number of ketones is 1. The van der Waals surface area contributed by atoms with Crippen molar-refractivity contribution in [3.63, 3.8) is 0 Å². The number of thioether (sulfide) groups is 1. The molecule has 0 saturated carbocycles. The highest BCUT2D eigenvalue weighted by atomic mass is 32.2. The molecule has 0 fully saturated rings. The molecule has 1 aliphatic carbocycles.